The summed E-state index contributed by atoms with van der Waals surface area (Å²) in [5.74, 6) is 0. The SMILES string of the molecule is O[C@H](C[C@H]1NCCC[C@@H]1OCc1ccccc1)c1ccccc1. The molecular weight excluding hydrogens is 286 g/mol. The molecule has 1 aliphatic rings. The minimum atomic E-state index is -0.449. The quantitative estimate of drug-likeness (QED) is 0.858. The van der Waals surface area contributed by atoms with Gasteiger partial charge in [0.2, 0.25) is 0 Å². The Morgan fingerprint density at radius 1 is 1.04 bits per heavy atom. The maximum Gasteiger partial charge on any atom is 0.0805 e. The van der Waals surface area contributed by atoms with Crippen LogP contribution in [-0.2, 0) is 11.3 Å². The molecule has 0 saturated carbocycles. The van der Waals surface area contributed by atoms with Gasteiger partial charge in [-0.05, 0) is 36.9 Å². The first-order valence-corrected chi connectivity index (χ1v) is 8.45. The molecule has 0 spiro atoms. The molecule has 0 aromatic heterocycles. The molecule has 0 aliphatic carbocycles. The van der Waals surface area contributed by atoms with E-state index in [4.69, 9.17) is 4.74 Å². The van der Waals surface area contributed by atoms with Gasteiger partial charge in [-0.15, -0.1) is 0 Å². The van der Waals surface area contributed by atoms with Gasteiger partial charge in [-0.3, -0.25) is 0 Å². The molecule has 3 atom stereocenters. The number of rotatable bonds is 6. The van der Waals surface area contributed by atoms with Gasteiger partial charge in [0.1, 0.15) is 0 Å². The van der Waals surface area contributed by atoms with Crippen LogP contribution in [0.4, 0.5) is 0 Å². The van der Waals surface area contributed by atoms with Gasteiger partial charge in [0.05, 0.1) is 18.8 Å². The molecule has 2 aromatic rings. The minimum absolute atomic E-state index is 0.155. The van der Waals surface area contributed by atoms with Crippen molar-refractivity contribution in [3.05, 3.63) is 71.8 Å². The van der Waals surface area contributed by atoms with Gasteiger partial charge in [-0.1, -0.05) is 60.7 Å². The van der Waals surface area contributed by atoms with E-state index in [1.807, 2.05) is 48.5 Å². The molecule has 1 saturated heterocycles. The summed E-state index contributed by atoms with van der Waals surface area (Å²) in [6.45, 7) is 1.63. The maximum absolute atomic E-state index is 10.5. The first-order chi connectivity index (χ1) is 11.3. The summed E-state index contributed by atoms with van der Waals surface area (Å²) in [7, 11) is 0. The second-order valence-corrected chi connectivity index (χ2v) is 6.20. The summed E-state index contributed by atoms with van der Waals surface area (Å²) in [5.41, 5.74) is 2.17. The van der Waals surface area contributed by atoms with Crippen molar-refractivity contribution < 1.29 is 9.84 Å². The van der Waals surface area contributed by atoms with Crippen LogP contribution >= 0.6 is 0 Å². The van der Waals surface area contributed by atoms with E-state index in [1.54, 1.807) is 0 Å². The van der Waals surface area contributed by atoms with Crippen LogP contribution in [0.1, 0.15) is 36.5 Å². The van der Waals surface area contributed by atoms with E-state index in [1.165, 1.54) is 5.56 Å². The predicted molar refractivity (Wildman–Crippen MR) is 92.1 cm³/mol. The monoisotopic (exact) mass is 311 g/mol. The molecule has 2 aromatic carbocycles. The highest BCUT2D eigenvalue weighted by atomic mass is 16.5. The third-order valence-corrected chi connectivity index (χ3v) is 4.49. The first kappa shape index (κ1) is 16.2. The zero-order valence-electron chi connectivity index (χ0n) is 13.4. The second-order valence-electron chi connectivity index (χ2n) is 6.20. The molecule has 1 heterocycles. The Morgan fingerprint density at radius 2 is 1.74 bits per heavy atom. The van der Waals surface area contributed by atoms with Crippen LogP contribution in [0.25, 0.3) is 0 Å². The van der Waals surface area contributed by atoms with Gasteiger partial charge in [0, 0.05) is 6.04 Å². The van der Waals surface area contributed by atoms with Crippen LogP contribution in [0.5, 0.6) is 0 Å². The van der Waals surface area contributed by atoms with Crippen molar-refractivity contribution in [1.82, 2.24) is 5.32 Å². The van der Waals surface area contributed by atoms with Crippen molar-refractivity contribution in [2.45, 2.75) is 44.1 Å². The van der Waals surface area contributed by atoms with Gasteiger partial charge in [0.25, 0.3) is 0 Å². The molecule has 3 heteroatoms. The normalized spacial score (nSPS) is 22.7. The average molecular weight is 311 g/mol. The summed E-state index contributed by atoms with van der Waals surface area (Å²) in [6, 6.07) is 20.3. The van der Waals surface area contributed by atoms with Crippen LogP contribution in [0.15, 0.2) is 60.7 Å². The summed E-state index contributed by atoms with van der Waals surface area (Å²) >= 11 is 0. The molecule has 0 amide bonds. The zero-order chi connectivity index (χ0) is 15.9. The molecule has 122 valence electrons. The lowest BCUT2D eigenvalue weighted by molar-refractivity contribution is -0.0161. The van der Waals surface area contributed by atoms with E-state index >= 15 is 0 Å². The first-order valence-electron chi connectivity index (χ1n) is 8.45. The molecule has 2 N–H and O–H groups in total. The van der Waals surface area contributed by atoms with Crippen molar-refractivity contribution in [2.75, 3.05) is 6.54 Å². The summed E-state index contributed by atoms with van der Waals surface area (Å²) < 4.78 is 6.14. The van der Waals surface area contributed by atoms with Crippen molar-refractivity contribution >= 4 is 0 Å². The highest BCUT2D eigenvalue weighted by Crippen LogP contribution is 2.24. The number of aliphatic hydroxyl groups excluding tert-OH is 1. The lowest BCUT2D eigenvalue weighted by Gasteiger charge is -2.34. The number of nitrogens with one attached hydrogen (secondary N) is 1. The molecular formula is C20H25NO2. The zero-order valence-corrected chi connectivity index (χ0v) is 13.4. The smallest absolute Gasteiger partial charge is 0.0805 e. The van der Waals surface area contributed by atoms with Crippen LogP contribution in [0.3, 0.4) is 0 Å². The topological polar surface area (TPSA) is 41.5 Å². The minimum Gasteiger partial charge on any atom is -0.388 e. The van der Waals surface area contributed by atoms with Gasteiger partial charge in [-0.2, -0.15) is 0 Å². The van der Waals surface area contributed by atoms with E-state index < -0.39 is 6.10 Å². The van der Waals surface area contributed by atoms with Crippen molar-refractivity contribution in [3.8, 4) is 0 Å². The van der Waals surface area contributed by atoms with E-state index in [0.717, 1.165) is 24.9 Å². The Bertz CT molecular complexity index is 573. The van der Waals surface area contributed by atoms with Crippen LogP contribution in [-0.4, -0.2) is 23.8 Å². The Labute approximate surface area is 138 Å². The number of aliphatic hydroxyl groups is 1. The number of benzene rings is 2. The molecule has 23 heavy (non-hydrogen) atoms. The largest absolute Gasteiger partial charge is 0.388 e. The van der Waals surface area contributed by atoms with Gasteiger partial charge in [0.15, 0.2) is 0 Å². The highest BCUT2D eigenvalue weighted by Gasteiger charge is 2.27. The molecule has 0 radical (unpaired) electrons. The lowest BCUT2D eigenvalue weighted by atomic mass is 9.93. The fraction of sp³-hybridized carbons (Fsp3) is 0.400. The molecule has 3 nitrogen and oxygen atoms in total. The molecule has 1 aliphatic heterocycles. The maximum atomic E-state index is 10.5. The van der Waals surface area contributed by atoms with Crippen LogP contribution < -0.4 is 5.32 Å². The van der Waals surface area contributed by atoms with Gasteiger partial charge in [-0.25, -0.2) is 0 Å². The molecule has 0 unspecified atom stereocenters. The summed E-state index contributed by atoms with van der Waals surface area (Å²) in [6.07, 6.45) is 2.56. The Kier molecular flexibility index (Phi) is 5.81. The van der Waals surface area contributed by atoms with E-state index in [0.29, 0.717) is 13.0 Å². The van der Waals surface area contributed by atoms with Gasteiger partial charge < -0.3 is 15.2 Å². The summed E-state index contributed by atoms with van der Waals surface area (Å²) in [5, 5.41) is 14.0. The second kappa shape index (κ2) is 8.25. The van der Waals surface area contributed by atoms with E-state index in [9.17, 15) is 5.11 Å². The Balaban J connectivity index is 1.58. The number of piperidine rings is 1. The van der Waals surface area contributed by atoms with Crippen LogP contribution in [0.2, 0.25) is 0 Å². The Morgan fingerprint density at radius 3 is 2.48 bits per heavy atom. The summed E-state index contributed by atoms with van der Waals surface area (Å²) in [4.78, 5) is 0. The fourth-order valence-corrected chi connectivity index (χ4v) is 3.19. The Hall–Kier alpha value is -1.68. The van der Waals surface area contributed by atoms with E-state index in [2.05, 4.69) is 17.4 Å². The third-order valence-electron chi connectivity index (χ3n) is 4.49. The fourth-order valence-electron chi connectivity index (χ4n) is 3.19. The van der Waals surface area contributed by atoms with Crippen molar-refractivity contribution in [2.24, 2.45) is 0 Å². The van der Waals surface area contributed by atoms with Crippen molar-refractivity contribution in [3.63, 3.8) is 0 Å². The molecule has 1 fully saturated rings. The van der Waals surface area contributed by atoms with Crippen molar-refractivity contribution in [1.29, 1.82) is 0 Å². The van der Waals surface area contributed by atoms with E-state index in [-0.39, 0.29) is 12.1 Å². The third kappa shape index (κ3) is 4.64. The highest BCUT2D eigenvalue weighted by molar-refractivity contribution is 5.17. The molecule has 0 bridgehead atoms. The standard InChI is InChI=1S/C20H25NO2/c22-19(17-10-5-2-6-11-17)14-18-20(12-7-13-21-18)23-15-16-8-3-1-4-9-16/h1-6,8-11,18-22H,7,12-15H2/t18-,19-,20+/m1/s1. The number of hydrogen-bond donors (Lipinski definition) is 2. The number of hydrogen-bond acceptors (Lipinski definition) is 3. The average Bonchev–Trinajstić information content (AvgIpc) is 2.62. The van der Waals surface area contributed by atoms with Crippen LogP contribution in [0, 0.1) is 0 Å². The molecule has 3 rings (SSSR count). The lowest BCUT2D eigenvalue weighted by Crippen LogP contribution is -2.46. The number of ether oxygens (including phenoxy) is 1. The van der Waals surface area contributed by atoms with Gasteiger partial charge >= 0.3 is 0 Å². The predicted octanol–water partition coefficient (Wildman–Crippen LogP) is 3.45.